The second-order valence-electron chi connectivity index (χ2n) is 6.93. The van der Waals surface area contributed by atoms with E-state index in [0.29, 0.717) is 17.1 Å². The molecule has 1 unspecified atom stereocenters. The van der Waals surface area contributed by atoms with Crippen LogP contribution in [0.1, 0.15) is 17.3 Å². The molecule has 0 bridgehead atoms. The Kier molecular flexibility index (Phi) is 5.38. The molecular weight excluding hydrogens is 414 g/mol. The largest absolute Gasteiger partial charge is 0.507 e. The Labute approximate surface area is 182 Å². The fraction of sp³-hybridized carbons (Fsp3) is 0.0870. The lowest BCUT2D eigenvalue weighted by Crippen LogP contribution is -2.29. The number of pyridine rings is 1. The van der Waals surface area contributed by atoms with Crippen LogP contribution in [0.15, 0.2) is 78.5 Å². The lowest BCUT2D eigenvalue weighted by molar-refractivity contribution is -0.384. The first-order valence-corrected chi connectivity index (χ1v) is 9.53. The van der Waals surface area contributed by atoms with E-state index < -0.39 is 28.4 Å². The number of aromatic nitrogens is 1. The molecule has 1 saturated heterocycles. The van der Waals surface area contributed by atoms with Gasteiger partial charge in [-0.15, -0.1) is 0 Å². The predicted molar refractivity (Wildman–Crippen MR) is 115 cm³/mol. The summed E-state index contributed by atoms with van der Waals surface area (Å²) in [5.74, 6) is -1.57. The van der Waals surface area contributed by atoms with Crippen LogP contribution in [-0.2, 0) is 9.59 Å². The molecule has 1 N–H and O–H groups in total. The van der Waals surface area contributed by atoms with Crippen molar-refractivity contribution in [2.75, 3.05) is 12.0 Å². The van der Waals surface area contributed by atoms with E-state index in [4.69, 9.17) is 4.74 Å². The zero-order chi connectivity index (χ0) is 22.8. The summed E-state index contributed by atoms with van der Waals surface area (Å²) in [5, 5.41) is 21.9. The summed E-state index contributed by atoms with van der Waals surface area (Å²) in [4.78, 5) is 41.9. The highest BCUT2D eigenvalue weighted by Gasteiger charge is 2.47. The summed E-state index contributed by atoms with van der Waals surface area (Å²) < 4.78 is 5.15. The SMILES string of the molecule is COc1ccc(N2C(=O)C(=O)/C(=C(\O)c3ccc([N+](=O)[O-])cc3)C2c2ccccn2)cc1. The van der Waals surface area contributed by atoms with E-state index in [9.17, 15) is 24.8 Å². The number of hydrogen-bond donors (Lipinski definition) is 1. The number of non-ortho nitro benzene ring substituents is 1. The van der Waals surface area contributed by atoms with Crippen molar-refractivity contribution >= 4 is 28.8 Å². The quantitative estimate of drug-likeness (QED) is 0.215. The Morgan fingerprint density at radius 1 is 1.06 bits per heavy atom. The number of Topliss-reactive ketones (excluding diaryl/α,β-unsaturated/α-hetero) is 1. The molecule has 2 heterocycles. The minimum absolute atomic E-state index is 0.154. The maximum absolute atomic E-state index is 13.0. The van der Waals surface area contributed by atoms with Gasteiger partial charge < -0.3 is 9.84 Å². The van der Waals surface area contributed by atoms with E-state index in [0.717, 1.165) is 0 Å². The van der Waals surface area contributed by atoms with Gasteiger partial charge in [0.15, 0.2) is 0 Å². The Balaban J connectivity index is 1.88. The number of rotatable bonds is 5. The van der Waals surface area contributed by atoms with Crippen LogP contribution < -0.4 is 9.64 Å². The number of carbonyl (C=O) groups is 2. The van der Waals surface area contributed by atoms with Crippen LogP contribution in [0.2, 0.25) is 0 Å². The third-order valence-corrected chi connectivity index (χ3v) is 5.11. The minimum atomic E-state index is -0.986. The molecule has 3 aromatic rings. The van der Waals surface area contributed by atoms with Crippen LogP contribution in [0.4, 0.5) is 11.4 Å². The van der Waals surface area contributed by atoms with Crippen LogP contribution in [0.5, 0.6) is 5.75 Å². The van der Waals surface area contributed by atoms with Gasteiger partial charge in [-0.05, 0) is 48.5 Å². The highest BCUT2D eigenvalue weighted by molar-refractivity contribution is 6.51. The molecule has 2 aromatic carbocycles. The Hall–Kier alpha value is -4.53. The zero-order valence-corrected chi connectivity index (χ0v) is 16.8. The van der Waals surface area contributed by atoms with Gasteiger partial charge >= 0.3 is 0 Å². The minimum Gasteiger partial charge on any atom is -0.507 e. The molecule has 0 radical (unpaired) electrons. The van der Waals surface area contributed by atoms with Gasteiger partial charge in [0.05, 0.1) is 23.3 Å². The maximum atomic E-state index is 13.0. The number of hydrogen-bond acceptors (Lipinski definition) is 7. The number of ether oxygens (including phenoxy) is 1. The summed E-state index contributed by atoms with van der Waals surface area (Å²) >= 11 is 0. The molecule has 1 aromatic heterocycles. The number of aliphatic hydroxyl groups excluding tert-OH is 1. The normalized spacial score (nSPS) is 17.4. The van der Waals surface area contributed by atoms with Gasteiger partial charge in [-0.1, -0.05) is 6.07 Å². The number of nitrogens with zero attached hydrogens (tertiary/aromatic N) is 3. The maximum Gasteiger partial charge on any atom is 0.300 e. The number of benzene rings is 2. The van der Waals surface area contributed by atoms with E-state index in [1.54, 1.807) is 42.5 Å². The monoisotopic (exact) mass is 431 g/mol. The molecule has 1 aliphatic heterocycles. The lowest BCUT2D eigenvalue weighted by Gasteiger charge is -2.24. The molecule has 0 spiro atoms. The van der Waals surface area contributed by atoms with Crippen molar-refractivity contribution in [2.45, 2.75) is 6.04 Å². The molecule has 1 aliphatic rings. The van der Waals surface area contributed by atoms with Gasteiger partial charge in [-0.25, -0.2) is 0 Å². The van der Waals surface area contributed by atoms with Gasteiger partial charge in [0.2, 0.25) is 0 Å². The van der Waals surface area contributed by atoms with E-state index >= 15 is 0 Å². The molecule has 0 aliphatic carbocycles. The highest BCUT2D eigenvalue weighted by Crippen LogP contribution is 2.41. The fourth-order valence-electron chi connectivity index (χ4n) is 3.56. The van der Waals surface area contributed by atoms with Gasteiger partial charge in [0.25, 0.3) is 17.4 Å². The average molecular weight is 431 g/mol. The molecule has 0 saturated carbocycles. The van der Waals surface area contributed by atoms with Crippen LogP contribution in [-0.4, -0.2) is 33.8 Å². The third kappa shape index (κ3) is 3.56. The number of nitro benzene ring substituents is 1. The fourth-order valence-corrected chi connectivity index (χ4v) is 3.56. The van der Waals surface area contributed by atoms with Gasteiger partial charge in [-0.3, -0.25) is 29.6 Å². The van der Waals surface area contributed by atoms with E-state index in [-0.39, 0.29) is 16.8 Å². The number of amides is 1. The zero-order valence-electron chi connectivity index (χ0n) is 16.8. The number of ketones is 1. The molecule has 1 amide bonds. The first-order chi connectivity index (χ1) is 15.4. The Morgan fingerprint density at radius 3 is 2.31 bits per heavy atom. The lowest BCUT2D eigenvalue weighted by atomic mass is 9.98. The smallest absolute Gasteiger partial charge is 0.300 e. The van der Waals surface area contributed by atoms with Crippen LogP contribution in [0.3, 0.4) is 0 Å². The first-order valence-electron chi connectivity index (χ1n) is 9.53. The van der Waals surface area contributed by atoms with Crippen molar-refractivity contribution < 1.29 is 24.4 Å². The molecule has 4 rings (SSSR count). The van der Waals surface area contributed by atoms with Gasteiger partial charge in [-0.2, -0.15) is 0 Å². The summed E-state index contributed by atoms with van der Waals surface area (Å²) in [5.41, 5.74) is 0.654. The summed E-state index contributed by atoms with van der Waals surface area (Å²) in [6, 6.07) is 15.7. The Bertz CT molecular complexity index is 1220. The van der Waals surface area contributed by atoms with Gasteiger partial charge in [0.1, 0.15) is 17.6 Å². The Morgan fingerprint density at radius 2 is 1.75 bits per heavy atom. The molecule has 9 heteroatoms. The van der Waals surface area contributed by atoms with Crippen LogP contribution in [0, 0.1) is 10.1 Å². The standard InChI is InChI=1S/C23H17N3O6/c1-32-17-11-9-15(10-12-17)25-20(18-4-2-3-13-24-18)19(22(28)23(25)29)21(27)14-5-7-16(8-6-14)26(30)31/h2-13,20,27H,1H3/b21-19-. The number of carbonyl (C=O) groups excluding carboxylic acids is 2. The summed E-state index contributed by atoms with van der Waals surface area (Å²) in [7, 11) is 1.51. The number of methoxy groups -OCH3 is 1. The third-order valence-electron chi connectivity index (χ3n) is 5.11. The molecule has 32 heavy (non-hydrogen) atoms. The topological polar surface area (TPSA) is 123 Å². The van der Waals surface area contributed by atoms with E-state index in [1.165, 1.54) is 42.5 Å². The van der Waals surface area contributed by atoms with Gasteiger partial charge in [0, 0.05) is 29.6 Å². The van der Waals surface area contributed by atoms with Crippen molar-refractivity contribution in [3.8, 4) is 5.75 Å². The number of nitro groups is 1. The number of aliphatic hydroxyl groups is 1. The van der Waals surface area contributed by atoms with Crippen molar-refractivity contribution in [2.24, 2.45) is 0 Å². The molecule has 1 fully saturated rings. The van der Waals surface area contributed by atoms with E-state index in [2.05, 4.69) is 4.98 Å². The molecule has 1 atom stereocenters. The van der Waals surface area contributed by atoms with Crippen molar-refractivity contribution in [1.29, 1.82) is 0 Å². The summed E-state index contributed by atoms with van der Waals surface area (Å²) in [6.45, 7) is 0. The summed E-state index contributed by atoms with van der Waals surface area (Å²) in [6.07, 6.45) is 1.52. The highest BCUT2D eigenvalue weighted by atomic mass is 16.6. The predicted octanol–water partition coefficient (Wildman–Crippen LogP) is 3.62. The average Bonchev–Trinajstić information content (AvgIpc) is 3.09. The second kappa shape index (κ2) is 8.31. The van der Waals surface area contributed by atoms with E-state index in [1.807, 2.05) is 0 Å². The second-order valence-corrected chi connectivity index (χ2v) is 6.93. The molecular formula is C23H17N3O6. The van der Waals surface area contributed by atoms with Crippen molar-refractivity contribution in [3.05, 3.63) is 99.9 Å². The first kappa shape index (κ1) is 20.7. The number of anilines is 1. The van der Waals surface area contributed by atoms with Crippen LogP contribution in [0.25, 0.3) is 5.76 Å². The molecule has 9 nitrogen and oxygen atoms in total. The molecule has 160 valence electrons. The van der Waals surface area contributed by atoms with Crippen LogP contribution >= 0.6 is 0 Å². The van der Waals surface area contributed by atoms with Crippen molar-refractivity contribution in [1.82, 2.24) is 4.98 Å². The van der Waals surface area contributed by atoms with Crippen molar-refractivity contribution in [3.63, 3.8) is 0 Å².